The highest BCUT2D eigenvalue weighted by Gasteiger charge is 2.26. The normalized spacial score (nSPS) is 13.8. The number of aliphatic carboxylic acids is 1. The van der Waals surface area contributed by atoms with Crippen LogP contribution in [0.5, 0.6) is 0 Å². The van der Waals surface area contributed by atoms with Crippen LogP contribution in [0.25, 0.3) is 0 Å². The van der Waals surface area contributed by atoms with Gasteiger partial charge in [-0.1, -0.05) is 17.7 Å². The van der Waals surface area contributed by atoms with Gasteiger partial charge in [-0.3, -0.25) is 4.79 Å². The predicted molar refractivity (Wildman–Crippen MR) is 66.8 cm³/mol. The molecular weight excluding hydrogens is 258 g/mol. The van der Waals surface area contributed by atoms with Crippen LogP contribution in [0.2, 0.25) is 5.02 Å². The minimum atomic E-state index is -1.35. The Kier molecular flexibility index (Phi) is 4.69. The molecule has 0 saturated carbocycles. The van der Waals surface area contributed by atoms with Crippen molar-refractivity contribution in [3.05, 3.63) is 34.3 Å². The van der Waals surface area contributed by atoms with Gasteiger partial charge >= 0.3 is 5.97 Å². The number of carboxylic acids is 1. The molecule has 0 bridgehead atoms. The molecule has 1 aromatic rings. The molecule has 0 spiro atoms. The number of amides is 1. The summed E-state index contributed by atoms with van der Waals surface area (Å²) in [5, 5.41) is 20.8. The highest BCUT2D eigenvalue weighted by molar-refractivity contribution is 6.31. The summed E-state index contributed by atoms with van der Waals surface area (Å²) in [6, 6.07) is 3.42. The Bertz CT molecular complexity index is 473. The molecule has 5 nitrogen and oxygen atoms in total. The van der Waals surface area contributed by atoms with Crippen molar-refractivity contribution in [3.63, 3.8) is 0 Å². The monoisotopic (exact) mass is 271 g/mol. The van der Waals surface area contributed by atoms with Gasteiger partial charge in [-0.05, 0) is 31.5 Å². The van der Waals surface area contributed by atoms with Gasteiger partial charge in [0, 0.05) is 10.6 Å². The fraction of sp³-hybridized carbons (Fsp3) is 0.333. The second-order valence-corrected chi connectivity index (χ2v) is 4.35. The number of hydrogen-bond acceptors (Lipinski definition) is 3. The van der Waals surface area contributed by atoms with Crippen molar-refractivity contribution in [2.45, 2.75) is 26.0 Å². The summed E-state index contributed by atoms with van der Waals surface area (Å²) in [6.45, 7) is 2.96. The quantitative estimate of drug-likeness (QED) is 0.768. The van der Waals surface area contributed by atoms with Gasteiger partial charge < -0.3 is 15.5 Å². The molecule has 0 radical (unpaired) electrons. The largest absolute Gasteiger partial charge is 0.480 e. The van der Waals surface area contributed by atoms with E-state index in [1.807, 2.05) is 0 Å². The molecule has 0 saturated heterocycles. The molecule has 0 aromatic heterocycles. The summed E-state index contributed by atoms with van der Waals surface area (Å²) in [5.74, 6) is -1.87. The Morgan fingerprint density at radius 3 is 2.50 bits per heavy atom. The predicted octanol–water partition coefficient (Wildman–Crippen LogP) is 1.21. The Labute approximate surface area is 109 Å². The molecule has 0 aliphatic rings. The summed E-state index contributed by atoms with van der Waals surface area (Å²) in [6.07, 6.45) is -1.19. The summed E-state index contributed by atoms with van der Waals surface area (Å²) in [7, 11) is 0. The van der Waals surface area contributed by atoms with E-state index in [9.17, 15) is 14.7 Å². The van der Waals surface area contributed by atoms with Crippen molar-refractivity contribution in [2.75, 3.05) is 0 Å². The Balaban J connectivity index is 2.94. The average molecular weight is 272 g/mol. The number of aliphatic hydroxyl groups is 1. The van der Waals surface area contributed by atoms with Crippen LogP contribution in [0.3, 0.4) is 0 Å². The topological polar surface area (TPSA) is 86.6 Å². The summed E-state index contributed by atoms with van der Waals surface area (Å²) < 4.78 is 0. The van der Waals surface area contributed by atoms with Crippen LogP contribution in [0.15, 0.2) is 18.2 Å². The van der Waals surface area contributed by atoms with Gasteiger partial charge in [0.05, 0.1) is 6.10 Å². The highest BCUT2D eigenvalue weighted by atomic mass is 35.5. The number of nitrogens with one attached hydrogen (secondary N) is 1. The highest BCUT2D eigenvalue weighted by Crippen LogP contribution is 2.18. The number of carbonyl (C=O) groups is 2. The minimum absolute atomic E-state index is 0.286. The molecule has 0 fully saturated rings. The summed E-state index contributed by atoms with van der Waals surface area (Å²) in [4.78, 5) is 22.8. The number of carboxylic acid groups (broad SMARTS) is 1. The van der Waals surface area contributed by atoms with Gasteiger partial charge in [0.25, 0.3) is 5.91 Å². The van der Waals surface area contributed by atoms with E-state index in [-0.39, 0.29) is 5.56 Å². The maximum absolute atomic E-state index is 11.9. The van der Waals surface area contributed by atoms with Crippen LogP contribution >= 0.6 is 11.6 Å². The maximum Gasteiger partial charge on any atom is 0.328 e. The SMILES string of the molecule is Cc1c(Cl)cccc1C(=O)NC(C(=O)O)C(C)O. The van der Waals surface area contributed by atoms with Crippen LogP contribution in [0.1, 0.15) is 22.8 Å². The zero-order valence-electron chi connectivity index (χ0n) is 9.98. The van der Waals surface area contributed by atoms with E-state index in [1.54, 1.807) is 19.1 Å². The third kappa shape index (κ3) is 3.21. The van der Waals surface area contributed by atoms with Crippen molar-refractivity contribution in [1.82, 2.24) is 5.32 Å². The third-order valence-corrected chi connectivity index (χ3v) is 2.96. The smallest absolute Gasteiger partial charge is 0.328 e. The lowest BCUT2D eigenvalue weighted by molar-refractivity contribution is -0.141. The van der Waals surface area contributed by atoms with Crippen molar-refractivity contribution in [3.8, 4) is 0 Å². The Hall–Kier alpha value is -1.59. The molecule has 0 aliphatic heterocycles. The van der Waals surface area contributed by atoms with E-state index in [0.29, 0.717) is 10.6 Å². The van der Waals surface area contributed by atoms with Crippen molar-refractivity contribution in [1.29, 1.82) is 0 Å². The molecule has 1 amide bonds. The van der Waals surface area contributed by atoms with Crippen molar-refractivity contribution in [2.24, 2.45) is 0 Å². The van der Waals surface area contributed by atoms with E-state index < -0.39 is 24.0 Å². The molecule has 0 aliphatic carbocycles. The van der Waals surface area contributed by atoms with Gasteiger partial charge in [0.2, 0.25) is 0 Å². The number of hydrogen-bond donors (Lipinski definition) is 3. The first kappa shape index (κ1) is 14.5. The number of benzene rings is 1. The maximum atomic E-state index is 11.9. The van der Waals surface area contributed by atoms with Gasteiger partial charge in [0.15, 0.2) is 6.04 Å². The fourth-order valence-electron chi connectivity index (χ4n) is 1.46. The second-order valence-electron chi connectivity index (χ2n) is 3.94. The first-order chi connectivity index (χ1) is 8.34. The lowest BCUT2D eigenvalue weighted by Gasteiger charge is -2.17. The Morgan fingerprint density at radius 2 is 2.00 bits per heavy atom. The number of aliphatic hydroxyl groups excluding tert-OH is 1. The lowest BCUT2D eigenvalue weighted by atomic mass is 10.1. The molecule has 0 heterocycles. The molecule has 1 aromatic carbocycles. The molecule has 1 rings (SSSR count). The molecular formula is C12H14ClNO4. The average Bonchev–Trinajstić information content (AvgIpc) is 2.28. The fourth-order valence-corrected chi connectivity index (χ4v) is 1.64. The second kappa shape index (κ2) is 5.84. The van der Waals surface area contributed by atoms with Crippen molar-refractivity contribution >= 4 is 23.5 Å². The summed E-state index contributed by atoms with van der Waals surface area (Å²) in [5.41, 5.74) is 0.848. The van der Waals surface area contributed by atoms with Gasteiger partial charge in [-0.25, -0.2) is 4.79 Å². The van der Waals surface area contributed by atoms with Crippen LogP contribution in [0, 0.1) is 6.92 Å². The number of carbonyl (C=O) groups excluding carboxylic acids is 1. The van der Waals surface area contributed by atoms with E-state index in [0.717, 1.165) is 0 Å². The zero-order chi connectivity index (χ0) is 13.9. The molecule has 2 unspecified atom stereocenters. The molecule has 6 heteroatoms. The van der Waals surface area contributed by atoms with Crippen LogP contribution in [-0.4, -0.2) is 34.2 Å². The minimum Gasteiger partial charge on any atom is -0.480 e. The number of halogens is 1. The number of rotatable bonds is 4. The van der Waals surface area contributed by atoms with Gasteiger partial charge in [-0.2, -0.15) is 0 Å². The first-order valence-electron chi connectivity index (χ1n) is 5.31. The summed E-state index contributed by atoms with van der Waals surface area (Å²) >= 11 is 5.87. The van der Waals surface area contributed by atoms with E-state index in [1.165, 1.54) is 13.0 Å². The standard InChI is InChI=1S/C12H14ClNO4/c1-6-8(4-3-5-9(6)13)11(16)14-10(7(2)15)12(17)18/h3-5,7,10,15H,1-2H3,(H,14,16)(H,17,18). The molecule has 3 N–H and O–H groups in total. The van der Waals surface area contributed by atoms with Crippen molar-refractivity contribution < 1.29 is 19.8 Å². The lowest BCUT2D eigenvalue weighted by Crippen LogP contribution is -2.47. The van der Waals surface area contributed by atoms with Crippen LogP contribution in [-0.2, 0) is 4.79 Å². The molecule has 2 atom stereocenters. The van der Waals surface area contributed by atoms with Crippen LogP contribution in [0.4, 0.5) is 0 Å². The zero-order valence-corrected chi connectivity index (χ0v) is 10.7. The first-order valence-corrected chi connectivity index (χ1v) is 5.69. The van der Waals surface area contributed by atoms with E-state index >= 15 is 0 Å². The van der Waals surface area contributed by atoms with Gasteiger partial charge in [0.1, 0.15) is 0 Å². The van der Waals surface area contributed by atoms with E-state index in [4.69, 9.17) is 16.7 Å². The molecule has 98 valence electrons. The third-order valence-electron chi connectivity index (χ3n) is 2.55. The van der Waals surface area contributed by atoms with E-state index in [2.05, 4.69) is 5.32 Å². The van der Waals surface area contributed by atoms with Crippen LogP contribution < -0.4 is 5.32 Å². The molecule has 18 heavy (non-hydrogen) atoms. The van der Waals surface area contributed by atoms with Gasteiger partial charge in [-0.15, -0.1) is 0 Å². The Morgan fingerprint density at radius 1 is 1.39 bits per heavy atom.